The number of fused-ring (bicyclic) bond motifs is 4. The van der Waals surface area contributed by atoms with Crippen LogP contribution in [-0.2, 0) is 11.0 Å². The minimum absolute atomic E-state index is 0.0987. The first kappa shape index (κ1) is 36.8. The summed E-state index contributed by atoms with van der Waals surface area (Å²) in [4.78, 5) is 5.09. The van der Waals surface area contributed by atoms with Crippen molar-refractivity contribution in [3.05, 3.63) is 209 Å². The first-order valence-corrected chi connectivity index (χ1v) is 20.7. The molecule has 0 fully saturated rings. The van der Waals surface area contributed by atoms with E-state index >= 15 is 0 Å². The van der Waals surface area contributed by atoms with Crippen molar-refractivity contribution >= 4 is 22.7 Å². The SMILES string of the molecule is CC(C)c1cccc(C(C)C)c1N1[C](c2ccc(N(c3ccc(-c4ccccc4)cc3)c3ccc4c(c3)C(C)(C)c3ccccc3-4)cc2)c2ccccc2C1(C)C. The Bertz CT molecular complexity index is 2550. The van der Waals surface area contributed by atoms with Crippen LogP contribution in [0.25, 0.3) is 22.3 Å². The lowest BCUT2D eigenvalue weighted by Gasteiger charge is -2.42. The normalized spacial score (nSPS) is 15.2. The van der Waals surface area contributed by atoms with E-state index in [-0.39, 0.29) is 11.0 Å². The van der Waals surface area contributed by atoms with Gasteiger partial charge in [-0.2, -0.15) is 0 Å². The molecule has 0 aromatic heterocycles. The number of anilines is 4. The van der Waals surface area contributed by atoms with E-state index in [0.29, 0.717) is 11.8 Å². The van der Waals surface area contributed by atoms with Crippen LogP contribution in [0, 0.1) is 6.04 Å². The van der Waals surface area contributed by atoms with E-state index in [1.807, 2.05) is 0 Å². The molecule has 9 rings (SSSR count). The van der Waals surface area contributed by atoms with Crippen LogP contribution in [0.4, 0.5) is 22.7 Å². The molecule has 0 unspecified atom stereocenters. The molecular weight excluding hydrogens is 689 g/mol. The Labute approximate surface area is 340 Å². The lowest BCUT2D eigenvalue weighted by atomic mass is 9.82. The highest BCUT2D eigenvalue weighted by molar-refractivity contribution is 5.86. The summed E-state index contributed by atoms with van der Waals surface area (Å²) in [6, 6.07) is 62.2. The standard InChI is InChI=1S/C55H53N2/c1-36(2)44-21-16-22-45(37(3)4)53(44)57-52(48-20-13-15-24-50(48)55(57,7)8)40-27-31-42(32-28-40)56(41-29-25-39(26-30-41)38-17-10-9-11-18-38)43-33-34-47-46-19-12-14-23-49(46)54(5,6)51(47)35-43/h9-37H,1-8H3. The van der Waals surface area contributed by atoms with E-state index in [4.69, 9.17) is 0 Å². The molecule has 7 aromatic rings. The van der Waals surface area contributed by atoms with Gasteiger partial charge in [-0.1, -0.05) is 169 Å². The molecule has 0 bridgehead atoms. The number of hydrogen-bond acceptors (Lipinski definition) is 2. The average molecular weight is 742 g/mol. The van der Waals surface area contributed by atoms with Crippen molar-refractivity contribution in [2.24, 2.45) is 0 Å². The summed E-state index contributed by atoms with van der Waals surface area (Å²) >= 11 is 0. The van der Waals surface area contributed by atoms with Crippen LogP contribution in [0.3, 0.4) is 0 Å². The fourth-order valence-corrected chi connectivity index (χ4v) is 9.67. The smallest absolute Gasteiger partial charge is 0.124 e. The molecular formula is C55H53N2. The Morgan fingerprint density at radius 1 is 0.421 bits per heavy atom. The minimum Gasteiger partial charge on any atom is -0.345 e. The van der Waals surface area contributed by atoms with Gasteiger partial charge in [0, 0.05) is 28.2 Å². The summed E-state index contributed by atoms with van der Waals surface area (Å²) in [6.45, 7) is 18.8. The van der Waals surface area contributed by atoms with Gasteiger partial charge in [0.2, 0.25) is 0 Å². The third-order valence-electron chi connectivity index (χ3n) is 12.6. The molecule has 1 aliphatic carbocycles. The van der Waals surface area contributed by atoms with Crippen molar-refractivity contribution in [2.45, 2.75) is 78.2 Å². The quantitative estimate of drug-likeness (QED) is 0.153. The molecule has 57 heavy (non-hydrogen) atoms. The molecule has 1 aliphatic heterocycles. The van der Waals surface area contributed by atoms with Gasteiger partial charge < -0.3 is 9.80 Å². The molecule has 1 radical (unpaired) electrons. The van der Waals surface area contributed by atoms with E-state index in [1.54, 1.807) is 0 Å². The predicted molar refractivity (Wildman–Crippen MR) is 242 cm³/mol. The molecule has 2 heteroatoms. The van der Waals surface area contributed by atoms with E-state index in [2.05, 4.69) is 229 Å². The summed E-state index contributed by atoms with van der Waals surface area (Å²) in [6.07, 6.45) is 0. The Hall–Kier alpha value is -5.86. The second-order valence-corrected chi connectivity index (χ2v) is 17.6. The lowest BCUT2D eigenvalue weighted by molar-refractivity contribution is 0.529. The number of hydrogen-bond donors (Lipinski definition) is 0. The van der Waals surface area contributed by atoms with Gasteiger partial charge in [-0.3, -0.25) is 0 Å². The molecule has 7 aromatic carbocycles. The first-order valence-electron chi connectivity index (χ1n) is 20.7. The number of rotatable bonds is 8. The Balaban J connectivity index is 1.18. The number of para-hydroxylation sites is 1. The topological polar surface area (TPSA) is 6.48 Å². The summed E-state index contributed by atoms with van der Waals surface area (Å²) in [5.74, 6) is 0.766. The molecule has 0 saturated heterocycles. The molecule has 283 valence electrons. The van der Waals surface area contributed by atoms with Crippen LogP contribution in [0.2, 0.25) is 0 Å². The van der Waals surface area contributed by atoms with Gasteiger partial charge in [0.15, 0.2) is 0 Å². The minimum atomic E-state index is -0.249. The monoisotopic (exact) mass is 741 g/mol. The summed E-state index contributed by atoms with van der Waals surface area (Å²) in [7, 11) is 0. The Morgan fingerprint density at radius 2 is 0.912 bits per heavy atom. The fourth-order valence-electron chi connectivity index (χ4n) is 9.67. The van der Waals surface area contributed by atoms with Crippen molar-refractivity contribution in [1.82, 2.24) is 0 Å². The van der Waals surface area contributed by atoms with E-state index < -0.39 is 0 Å². The zero-order valence-corrected chi connectivity index (χ0v) is 34.6. The van der Waals surface area contributed by atoms with Gasteiger partial charge in [-0.05, 0) is 123 Å². The van der Waals surface area contributed by atoms with Crippen LogP contribution in [0.1, 0.15) is 106 Å². The second-order valence-electron chi connectivity index (χ2n) is 17.6. The Morgan fingerprint density at radius 3 is 1.53 bits per heavy atom. The lowest BCUT2D eigenvalue weighted by Crippen LogP contribution is -2.40. The molecule has 2 nitrogen and oxygen atoms in total. The van der Waals surface area contributed by atoms with Gasteiger partial charge in [-0.15, -0.1) is 0 Å². The molecule has 2 aliphatic rings. The first-order chi connectivity index (χ1) is 27.5. The third kappa shape index (κ3) is 6.00. The van der Waals surface area contributed by atoms with Gasteiger partial charge in [-0.25, -0.2) is 0 Å². The van der Waals surface area contributed by atoms with Gasteiger partial charge in [0.25, 0.3) is 0 Å². The maximum Gasteiger partial charge on any atom is 0.124 e. The van der Waals surface area contributed by atoms with Crippen LogP contribution in [0.15, 0.2) is 164 Å². The zero-order chi connectivity index (χ0) is 39.6. The van der Waals surface area contributed by atoms with Crippen molar-refractivity contribution in [2.75, 3.05) is 9.80 Å². The molecule has 0 atom stereocenters. The van der Waals surface area contributed by atoms with Crippen molar-refractivity contribution < 1.29 is 0 Å². The third-order valence-corrected chi connectivity index (χ3v) is 12.6. The molecule has 0 N–H and O–H groups in total. The second kappa shape index (κ2) is 14.0. The Kier molecular flexibility index (Phi) is 9.00. The highest BCUT2D eigenvalue weighted by Crippen LogP contribution is 2.55. The van der Waals surface area contributed by atoms with Crippen LogP contribution >= 0.6 is 0 Å². The fraction of sp³-hybridized carbons (Fsp3) is 0.218. The van der Waals surface area contributed by atoms with Crippen LogP contribution in [-0.4, -0.2) is 0 Å². The van der Waals surface area contributed by atoms with E-state index in [1.165, 1.54) is 72.9 Å². The van der Waals surface area contributed by atoms with Crippen LogP contribution in [0.5, 0.6) is 0 Å². The highest BCUT2D eigenvalue weighted by Gasteiger charge is 2.47. The van der Waals surface area contributed by atoms with Crippen molar-refractivity contribution in [1.29, 1.82) is 0 Å². The van der Waals surface area contributed by atoms with Gasteiger partial charge in [0.1, 0.15) is 6.04 Å². The maximum absolute atomic E-state index is 2.66. The molecule has 0 spiro atoms. The molecule has 0 amide bonds. The van der Waals surface area contributed by atoms with E-state index in [0.717, 1.165) is 17.1 Å². The summed E-state index contributed by atoms with van der Waals surface area (Å²) in [5.41, 5.74) is 18.9. The average Bonchev–Trinajstić information content (AvgIpc) is 3.60. The van der Waals surface area contributed by atoms with E-state index in [9.17, 15) is 0 Å². The predicted octanol–water partition coefficient (Wildman–Crippen LogP) is 15.1. The zero-order valence-electron chi connectivity index (χ0n) is 34.6. The number of nitrogens with zero attached hydrogens (tertiary/aromatic N) is 2. The molecule has 1 heterocycles. The highest BCUT2D eigenvalue weighted by atomic mass is 15.3. The summed E-state index contributed by atoms with van der Waals surface area (Å²) < 4.78 is 0. The van der Waals surface area contributed by atoms with Crippen molar-refractivity contribution in [3.63, 3.8) is 0 Å². The largest absolute Gasteiger partial charge is 0.345 e. The maximum atomic E-state index is 2.66. The van der Waals surface area contributed by atoms with Gasteiger partial charge in [0.05, 0.1) is 5.54 Å². The van der Waals surface area contributed by atoms with Crippen molar-refractivity contribution in [3.8, 4) is 22.3 Å². The number of benzene rings is 7. The summed E-state index contributed by atoms with van der Waals surface area (Å²) in [5, 5.41) is 0. The van der Waals surface area contributed by atoms with Crippen LogP contribution < -0.4 is 9.80 Å². The molecule has 0 saturated carbocycles. The van der Waals surface area contributed by atoms with Gasteiger partial charge >= 0.3 is 0 Å².